The van der Waals surface area contributed by atoms with Gasteiger partial charge in [-0.2, -0.15) is 0 Å². The fourth-order valence-corrected chi connectivity index (χ4v) is 2.13. The van der Waals surface area contributed by atoms with Crippen molar-refractivity contribution in [2.45, 2.75) is 32.7 Å². The Morgan fingerprint density at radius 2 is 2.06 bits per heavy atom. The predicted molar refractivity (Wildman–Crippen MR) is 75.0 cm³/mol. The van der Waals surface area contributed by atoms with Gasteiger partial charge in [0.1, 0.15) is 0 Å². The number of carbonyl (C=O) groups excluding carboxylic acids is 1. The molecule has 1 saturated carbocycles. The monoisotopic (exact) mass is 246 g/mol. The number of rotatable bonds is 4. The molecule has 0 spiro atoms. The molecule has 1 aliphatic carbocycles. The van der Waals surface area contributed by atoms with Gasteiger partial charge in [-0.25, -0.2) is 0 Å². The standard InChI is InChI=1S/C15H22N2O/c1-10-5-6-13(15(18)17(3)4)9-14(10)16-11(2)12-7-8-12/h5-6,9,11-12,16H,7-8H2,1-4H3. The third-order valence-corrected chi connectivity index (χ3v) is 3.60. The summed E-state index contributed by atoms with van der Waals surface area (Å²) in [7, 11) is 3.56. The van der Waals surface area contributed by atoms with E-state index in [0.717, 1.165) is 17.2 Å². The molecule has 1 aliphatic rings. The van der Waals surface area contributed by atoms with Crippen LogP contribution in [0.3, 0.4) is 0 Å². The van der Waals surface area contributed by atoms with E-state index in [1.807, 2.05) is 18.2 Å². The van der Waals surface area contributed by atoms with Crippen LogP contribution < -0.4 is 5.32 Å². The minimum atomic E-state index is 0.0529. The Balaban J connectivity index is 2.17. The molecule has 1 aromatic carbocycles. The Bertz CT molecular complexity index is 450. The van der Waals surface area contributed by atoms with Crippen LogP contribution in [0.15, 0.2) is 18.2 Å². The fourth-order valence-electron chi connectivity index (χ4n) is 2.13. The molecular formula is C15H22N2O. The maximum absolute atomic E-state index is 11.9. The van der Waals surface area contributed by atoms with Gasteiger partial charge in [-0.3, -0.25) is 4.79 Å². The summed E-state index contributed by atoms with van der Waals surface area (Å²) in [6, 6.07) is 6.37. The SMILES string of the molecule is Cc1ccc(C(=O)N(C)C)cc1NC(C)C1CC1. The number of nitrogens with one attached hydrogen (secondary N) is 1. The maximum atomic E-state index is 11.9. The molecule has 1 N–H and O–H groups in total. The molecule has 0 heterocycles. The van der Waals surface area contributed by atoms with Crippen molar-refractivity contribution in [1.82, 2.24) is 4.90 Å². The first-order chi connectivity index (χ1) is 8.49. The first-order valence-electron chi connectivity index (χ1n) is 6.58. The van der Waals surface area contributed by atoms with E-state index in [0.29, 0.717) is 6.04 Å². The molecule has 2 rings (SSSR count). The molecule has 0 aliphatic heterocycles. The van der Waals surface area contributed by atoms with Gasteiger partial charge in [-0.05, 0) is 50.3 Å². The average molecular weight is 246 g/mol. The van der Waals surface area contributed by atoms with Gasteiger partial charge in [0.25, 0.3) is 5.91 Å². The van der Waals surface area contributed by atoms with E-state index in [9.17, 15) is 4.79 Å². The Kier molecular flexibility index (Phi) is 3.60. The van der Waals surface area contributed by atoms with E-state index < -0.39 is 0 Å². The van der Waals surface area contributed by atoms with Crippen molar-refractivity contribution in [3.63, 3.8) is 0 Å². The van der Waals surface area contributed by atoms with Gasteiger partial charge in [0, 0.05) is 31.4 Å². The first-order valence-corrected chi connectivity index (χ1v) is 6.58. The zero-order valence-corrected chi connectivity index (χ0v) is 11.7. The number of benzene rings is 1. The molecular weight excluding hydrogens is 224 g/mol. The summed E-state index contributed by atoms with van der Waals surface area (Å²) in [6.07, 6.45) is 2.65. The second-order valence-electron chi connectivity index (χ2n) is 5.50. The van der Waals surface area contributed by atoms with Crippen molar-refractivity contribution >= 4 is 11.6 Å². The van der Waals surface area contributed by atoms with Crippen LogP contribution in [0.4, 0.5) is 5.69 Å². The van der Waals surface area contributed by atoms with Crippen LogP contribution in [0.25, 0.3) is 0 Å². The fraction of sp³-hybridized carbons (Fsp3) is 0.533. The van der Waals surface area contributed by atoms with Crippen LogP contribution in [0.2, 0.25) is 0 Å². The van der Waals surface area contributed by atoms with Gasteiger partial charge < -0.3 is 10.2 Å². The summed E-state index contributed by atoms with van der Waals surface area (Å²) in [6.45, 7) is 4.30. The molecule has 0 saturated heterocycles. The molecule has 1 unspecified atom stereocenters. The Morgan fingerprint density at radius 1 is 1.39 bits per heavy atom. The number of carbonyl (C=O) groups is 1. The number of aryl methyl sites for hydroxylation is 1. The van der Waals surface area contributed by atoms with Crippen LogP contribution in [-0.2, 0) is 0 Å². The molecule has 0 radical (unpaired) electrons. The normalized spacial score (nSPS) is 16.2. The largest absolute Gasteiger partial charge is 0.382 e. The van der Waals surface area contributed by atoms with Crippen LogP contribution >= 0.6 is 0 Å². The van der Waals surface area contributed by atoms with Gasteiger partial charge >= 0.3 is 0 Å². The number of nitrogens with zero attached hydrogens (tertiary/aromatic N) is 1. The number of hydrogen-bond acceptors (Lipinski definition) is 2. The third-order valence-electron chi connectivity index (χ3n) is 3.60. The highest BCUT2D eigenvalue weighted by Gasteiger charge is 2.28. The van der Waals surface area contributed by atoms with Gasteiger partial charge in [0.2, 0.25) is 0 Å². The third kappa shape index (κ3) is 2.84. The molecule has 1 fully saturated rings. The van der Waals surface area contributed by atoms with Crippen LogP contribution in [0.5, 0.6) is 0 Å². The maximum Gasteiger partial charge on any atom is 0.253 e. The highest BCUT2D eigenvalue weighted by atomic mass is 16.2. The summed E-state index contributed by atoms with van der Waals surface area (Å²) >= 11 is 0. The lowest BCUT2D eigenvalue weighted by Crippen LogP contribution is -2.22. The van der Waals surface area contributed by atoms with Crippen LogP contribution in [-0.4, -0.2) is 30.9 Å². The lowest BCUT2D eigenvalue weighted by atomic mass is 10.1. The van der Waals surface area contributed by atoms with Gasteiger partial charge in [0.15, 0.2) is 0 Å². The quantitative estimate of drug-likeness (QED) is 0.886. The lowest BCUT2D eigenvalue weighted by Gasteiger charge is -2.18. The van der Waals surface area contributed by atoms with E-state index >= 15 is 0 Å². The van der Waals surface area contributed by atoms with Gasteiger partial charge in [0.05, 0.1) is 0 Å². The van der Waals surface area contributed by atoms with E-state index in [1.54, 1.807) is 19.0 Å². The second-order valence-corrected chi connectivity index (χ2v) is 5.50. The molecule has 1 aromatic rings. The molecule has 0 bridgehead atoms. The molecule has 98 valence electrons. The Hall–Kier alpha value is -1.51. The van der Waals surface area contributed by atoms with E-state index in [2.05, 4.69) is 19.2 Å². The average Bonchev–Trinajstić information content (AvgIpc) is 3.14. The second kappa shape index (κ2) is 5.01. The van der Waals surface area contributed by atoms with Crippen LogP contribution in [0.1, 0.15) is 35.7 Å². The lowest BCUT2D eigenvalue weighted by molar-refractivity contribution is 0.0827. The van der Waals surface area contributed by atoms with E-state index in [-0.39, 0.29) is 5.91 Å². The Labute approximate surface area is 109 Å². The van der Waals surface area contributed by atoms with Crippen molar-refractivity contribution < 1.29 is 4.79 Å². The Morgan fingerprint density at radius 3 is 2.61 bits per heavy atom. The smallest absolute Gasteiger partial charge is 0.253 e. The van der Waals surface area contributed by atoms with Crippen molar-refractivity contribution in [3.8, 4) is 0 Å². The molecule has 1 atom stereocenters. The molecule has 18 heavy (non-hydrogen) atoms. The van der Waals surface area contributed by atoms with E-state index in [1.165, 1.54) is 18.4 Å². The molecule has 3 nitrogen and oxygen atoms in total. The summed E-state index contributed by atoms with van der Waals surface area (Å²) in [4.78, 5) is 13.5. The van der Waals surface area contributed by atoms with Gasteiger partial charge in [-0.15, -0.1) is 0 Å². The molecule has 1 amide bonds. The van der Waals surface area contributed by atoms with Crippen LogP contribution in [0, 0.1) is 12.8 Å². The predicted octanol–water partition coefficient (Wildman–Crippen LogP) is 2.91. The minimum absolute atomic E-state index is 0.0529. The zero-order chi connectivity index (χ0) is 13.3. The molecule has 3 heteroatoms. The number of hydrogen-bond donors (Lipinski definition) is 1. The highest BCUT2D eigenvalue weighted by molar-refractivity contribution is 5.95. The molecule has 0 aromatic heterocycles. The first kappa shape index (κ1) is 12.9. The van der Waals surface area contributed by atoms with Crippen molar-refractivity contribution in [2.24, 2.45) is 5.92 Å². The summed E-state index contributed by atoms with van der Waals surface area (Å²) in [5, 5.41) is 3.54. The number of anilines is 1. The minimum Gasteiger partial charge on any atom is -0.382 e. The number of amides is 1. The van der Waals surface area contributed by atoms with Crippen molar-refractivity contribution in [1.29, 1.82) is 0 Å². The summed E-state index contributed by atoms with van der Waals surface area (Å²) in [5.41, 5.74) is 3.02. The van der Waals surface area contributed by atoms with Crippen molar-refractivity contribution in [3.05, 3.63) is 29.3 Å². The highest BCUT2D eigenvalue weighted by Crippen LogP contribution is 2.34. The zero-order valence-electron chi connectivity index (χ0n) is 11.7. The summed E-state index contributed by atoms with van der Waals surface area (Å²) in [5.74, 6) is 0.856. The van der Waals surface area contributed by atoms with Crippen molar-refractivity contribution in [2.75, 3.05) is 19.4 Å². The topological polar surface area (TPSA) is 32.3 Å². The van der Waals surface area contributed by atoms with Gasteiger partial charge in [-0.1, -0.05) is 6.07 Å². The summed E-state index contributed by atoms with van der Waals surface area (Å²) < 4.78 is 0. The van der Waals surface area contributed by atoms with E-state index in [4.69, 9.17) is 0 Å².